The largest absolute Gasteiger partial charge is 0.416 e. The van der Waals surface area contributed by atoms with Crippen molar-refractivity contribution in [3.8, 4) is 84.2 Å². The number of benzene rings is 11. The quantitative estimate of drug-likeness (QED) is 0.140. The lowest BCUT2D eigenvalue weighted by Gasteiger charge is -2.21. The lowest BCUT2D eigenvalue weighted by Crippen LogP contribution is -2.11. The van der Waals surface area contributed by atoms with Crippen molar-refractivity contribution >= 4 is 43.6 Å². The Labute approximate surface area is 495 Å². The van der Waals surface area contributed by atoms with E-state index in [-0.39, 0.29) is 22.8 Å². The van der Waals surface area contributed by atoms with Gasteiger partial charge < -0.3 is 9.13 Å². The van der Waals surface area contributed by atoms with Gasteiger partial charge in [0.25, 0.3) is 0 Å². The SMILES string of the molecule is Cc1ccc(-c2ccc3c(c2)c2cc(-c4ccc(C)cc4C)ccc2n3-c2ccc(-c3cc(C(F)(F)F)cc(C(F)(F)F)c3)c(-c3cc(C#N)ccc3-n3c4ccc(-c5ccc(C)cc5C)cc4c4cc(-c5ccc(C)cc5C)ccc43)c2)c(C)c1. The Morgan fingerprint density at radius 2 is 0.663 bits per heavy atom. The second kappa shape index (κ2) is 20.7. The molecule has 86 heavy (non-hydrogen) atoms. The molecule has 9 heteroatoms. The molecule has 0 unspecified atom stereocenters. The maximum atomic E-state index is 15.0. The number of nitriles is 1. The Balaban J connectivity index is 1.12. The van der Waals surface area contributed by atoms with Crippen LogP contribution >= 0.6 is 0 Å². The summed E-state index contributed by atoms with van der Waals surface area (Å²) in [6.07, 6.45) is -10.2. The summed E-state index contributed by atoms with van der Waals surface area (Å²) in [4.78, 5) is 0. The van der Waals surface area contributed by atoms with Crippen LogP contribution in [0.4, 0.5) is 26.3 Å². The first-order valence-electron chi connectivity index (χ1n) is 28.6. The molecular formula is C77H57F6N3. The van der Waals surface area contributed by atoms with Crippen LogP contribution in [0.25, 0.3) is 122 Å². The van der Waals surface area contributed by atoms with Crippen LogP contribution in [-0.2, 0) is 12.4 Å². The third-order valence-electron chi connectivity index (χ3n) is 17.1. The summed E-state index contributed by atoms with van der Waals surface area (Å²) in [5.41, 5.74) is 19.7. The Morgan fingerprint density at radius 3 is 1.01 bits per heavy atom. The smallest absolute Gasteiger partial charge is 0.309 e. The van der Waals surface area contributed by atoms with Gasteiger partial charge in [0, 0.05) is 32.8 Å². The number of fused-ring (bicyclic) bond motifs is 6. The summed E-state index contributed by atoms with van der Waals surface area (Å²) in [6.45, 7) is 16.7. The van der Waals surface area contributed by atoms with Gasteiger partial charge in [0.05, 0.1) is 50.5 Å². The minimum absolute atomic E-state index is 0.103. The third kappa shape index (κ3) is 9.69. The molecule has 13 aromatic rings. The number of rotatable bonds is 8. The molecule has 422 valence electrons. The fraction of sp³-hybridized carbons (Fsp3) is 0.130. The molecule has 0 amide bonds. The zero-order valence-corrected chi connectivity index (χ0v) is 48.7. The summed E-state index contributed by atoms with van der Waals surface area (Å²) in [6, 6.07) is 65.4. The highest BCUT2D eigenvalue weighted by atomic mass is 19.4. The van der Waals surface area contributed by atoms with E-state index < -0.39 is 23.5 Å². The minimum Gasteiger partial charge on any atom is -0.309 e. The predicted molar refractivity (Wildman–Crippen MR) is 340 cm³/mol. The van der Waals surface area contributed by atoms with Gasteiger partial charge in [-0.25, -0.2) is 0 Å². The summed E-state index contributed by atoms with van der Waals surface area (Å²) in [5, 5.41) is 14.5. The van der Waals surface area contributed by atoms with E-state index in [2.05, 4.69) is 216 Å². The van der Waals surface area contributed by atoms with Crippen LogP contribution in [0.3, 0.4) is 0 Å². The van der Waals surface area contributed by atoms with E-state index in [4.69, 9.17) is 0 Å². The maximum absolute atomic E-state index is 15.0. The van der Waals surface area contributed by atoms with Crippen LogP contribution in [0.2, 0.25) is 0 Å². The van der Waals surface area contributed by atoms with Gasteiger partial charge in [-0.1, -0.05) is 125 Å². The second-order valence-electron chi connectivity index (χ2n) is 23.2. The molecular weight excluding hydrogens is 1080 g/mol. The fourth-order valence-corrected chi connectivity index (χ4v) is 13.1. The number of aromatic nitrogens is 2. The first kappa shape index (κ1) is 55.3. The summed E-state index contributed by atoms with van der Waals surface area (Å²) < 4.78 is 94.0. The topological polar surface area (TPSA) is 33.6 Å². The number of nitrogens with zero attached hydrogens (tertiary/aromatic N) is 3. The monoisotopic (exact) mass is 1140 g/mol. The molecule has 0 saturated carbocycles. The summed E-state index contributed by atoms with van der Waals surface area (Å²) >= 11 is 0. The van der Waals surface area contributed by atoms with E-state index in [9.17, 15) is 31.6 Å². The molecule has 0 fully saturated rings. The lowest BCUT2D eigenvalue weighted by atomic mass is 9.90. The Bertz CT molecular complexity index is 4770. The molecule has 2 aromatic heterocycles. The number of aryl methyl sites for hydroxylation is 8. The molecule has 0 aliphatic heterocycles. The van der Waals surface area contributed by atoms with Crippen molar-refractivity contribution in [2.75, 3.05) is 0 Å². The van der Waals surface area contributed by atoms with Gasteiger partial charge in [0.15, 0.2) is 0 Å². The van der Waals surface area contributed by atoms with Crippen LogP contribution in [0.5, 0.6) is 0 Å². The number of hydrogen-bond donors (Lipinski definition) is 0. The van der Waals surface area contributed by atoms with E-state index in [1.807, 2.05) is 12.1 Å². The van der Waals surface area contributed by atoms with Crippen molar-refractivity contribution in [3.05, 3.63) is 261 Å². The number of hydrogen-bond acceptors (Lipinski definition) is 1. The Morgan fingerprint density at radius 1 is 0.302 bits per heavy atom. The Kier molecular flexibility index (Phi) is 13.3. The second-order valence-corrected chi connectivity index (χ2v) is 23.2. The van der Waals surface area contributed by atoms with Crippen LogP contribution in [0.1, 0.15) is 61.2 Å². The normalized spacial score (nSPS) is 12.1. The molecule has 11 aromatic carbocycles. The number of alkyl halides is 6. The Hall–Kier alpha value is -9.91. The predicted octanol–water partition coefficient (Wildman–Crippen LogP) is 22.3. The van der Waals surface area contributed by atoms with E-state index in [1.165, 1.54) is 0 Å². The van der Waals surface area contributed by atoms with Gasteiger partial charge >= 0.3 is 12.4 Å². The summed E-state index contributed by atoms with van der Waals surface area (Å²) in [5.74, 6) is 0. The molecule has 0 atom stereocenters. The van der Waals surface area contributed by atoms with Crippen LogP contribution < -0.4 is 0 Å². The zero-order valence-electron chi connectivity index (χ0n) is 48.7. The molecule has 13 rings (SSSR count). The molecule has 0 bridgehead atoms. The lowest BCUT2D eigenvalue weighted by molar-refractivity contribution is -0.143. The van der Waals surface area contributed by atoms with Gasteiger partial charge in [-0.15, -0.1) is 0 Å². The van der Waals surface area contributed by atoms with Crippen LogP contribution in [0, 0.1) is 66.7 Å². The van der Waals surface area contributed by atoms with Gasteiger partial charge in [-0.05, 0) is 236 Å². The minimum atomic E-state index is -5.12. The zero-order chi connectivity index (χ0) is 60.2. The van der Waals surface area contributed by atoms with E-state index in [1.54, 1.807) is 24.3 Å². The standard InChI is InChI=1S/C77H57F6N3/c1-43-9-19-60(47(5)29-43)52-14-25-71-67(36-52)68-37-53(61-20-10-44(2)30-48(61)6)15-26-72(68)85(71)59-18-23-64(56-34-57(76(78,79)80)40-58(35-56)77(81,82)83)65(41-59)66-33-51(42-84)13-24-73(66)86-74-27-16-54(62-21-11-45(3)31-49(62)7)38-69(74)70-39-55(17-28-75(70)86)63-22-12-46(4)32-50(63)8/h9-41H,1-8H3. The molecule has 0 radical (unpaired) electrons. The molecule has 0 saturated heterocycles. The van der Waals surface area contributed by atoms with Crippen molar-refractivity contribution in [2.45, 2.75) is 67.7 Å². The average Bonchev–Trinajstić information content (AvgIpc) is 1.61. The molecule has 0 aliphatic rings. The van der Waals surface area contributed by atoms with E-state index in [0.717, 1.165) is 145 Å². The number of halogens is 6. The van der Waals surface area contributed by atoms with Crippen molar-refractivity contribution in [2.24, 2.45) is 0 Å². The summed E-state index contributed by atoms with van der Waals surface area (Å²) in [7, 11) is 0. The highest BCUT2D eigenvalue weighted by Crippen LogP contribution is 2.47. The average molecular weight is 1140 g/mol. The molecule has 0 aliphatic carbocycles. The highest BCUT2D eigenvalue weighted by Gasteiger charge is 2.37. The molecule has 0 spiro atoms. The highest BCUT2D eigenvalue weighted by molar-refractivity contribution is 6.14. The molecule has 2 heterocycles. The van der Waals surface area contributed by atoms with Crippen LogP contribution in [0.15, 0.2) is 200 Å². The molecule has 3 nitrogen and oxygen atoms in total. The van der Waals surface area contributed by atoms with E-state index in [0.29, 0.717) is 22.5 Å². The van der Waals surface area contributed by atoms with Crippen molar-refractivity contribution < 1.29 is 26.3 Å². The van der Waals surface area contributed by atoms with Crippen LogP contribution in [-0.4, -0.2) is 9.13 Å². The van der Waals surface area contributed by atoms with Gasteiger partial charge in [0.2, 0.25) is 0 Å². The maximum Gasteiger partial charge on any atom is 0.416 e. The first-order valence-corrected chi connectivity index (χ1v) is 28.6. The van der Waals surface area contributed by atoms with Crippen molar-refractivity contribution in [3.63, 3.8) is 0 Å². The van der Waals surface area contributed by atoms with Crippen molar-refractivity contribution in [1.29, 1.82) is 5.26 Å². The van der Waals surface area contributed by atoms with Gasteiger partial charge in [0.1, 0.15) is 0 Å². The fourth-order valence-electron chi connectivity index (χ4n) is 13.1. The van der Waals surface area contributed by atoms with E-state index >= 15 is 0 Å². The third-order valence-corrected chi connectivity index (χ3v) is 17.1. The molecule has 0 N–H and O–H groups in total. The first-order chi connectivity index (χ1) is 41.1. The van der Waals surface area contributed by atoms with Gasteiger partial charge in [-0.3, -0.25) is 0 Å². The van der Waals surface area contributed by atoms with Gasteiger partial charge in [-0.2, -0.15) is 31.6 Å². The van der Waals surface area contributed by atoms with Crippen molar-refractivity contribution in [1.82, 2.24) is 9.13 Å².